The maximum absolute atomic E-state index is 13.0. The van der Waals surface area contributed by atoms with Gasteiger partial charge in [0, 0.05) is 5.02 Å². The number of carbonyl (C=O) groups is 2. The maximum atomic E-state index is 13.0. The number of hydrogen-bond acceptors (Lipinski definition) is 6. The van der Waals surface area contributed by atoms with Crippen molar-refractivity contribution < 1.29 is 29.0 Å². The Balaban J connectivity index is 1.92. The lowest BCUT2D eigenvalue weighted by Gasteiger charge is -2.24. The van der Waals surface area contributed by atoms with Crippen LogP contribution in [0, 0.1) is 0 Å². The third kappa shape index (κ3) is 3.75. The highest BCUT2D eigenvalue weighted by Crippen LogP contribution is 2.42. The summed E-state index contributed by atoms with van der Waals surface area (Å²) in [6, 6.07) is 13.2. The quantitative estimate of drug-likeness (QED) is 0.350. The van der Waals surface area contributed by atoms with Gasteiger partial charge in [0.05, 0.1) is 37.1 Å². The second kappa shape index (κ2) is 8.20. The van der Waals surface area contributed by atoms with Crippen molar-refractivity contribution >= 4 is 29.1 Å². The number of carbonyl (C=O) groups excluding carboxylic acids is 2. The summed E-state index contributed by atoms with van der Waals surface area (Å²) in [6.45, 7) is 0.00135. The van der Waals surface area contributed by atoms with Gasteiger partial charge in [0.1, 0.15) is 23.0 Å². The molecule has 0 radical (unpaired) electrons. The SMILES string of the molecule is COc1ccc(Cl)cc1/C(O)=C1\C(=O)C(=O)N(Cc2ccco2)C1c1cccc(O)c1. The van der Waals surface area contributed by atoms with Crippen molar-refractivity contribution in [1.82, 2.24) is 4.90 Å². The number of rotatable bonds is 5. The van der Waals surface area contributed by atoms with Crippen molar-refractivity contribution in [2.45, 2.75) is 12.6 Å². The first kappa shape index (κ1) is 20.6. The first-order valence-corrected chi connectivity index (χ1v) is 9.72. The van der Waals surface area contributed by atoms with Crippen LogP contribution in [0.2, 0.25) is 5.02 Å². The molecule has 7 nitrogen and oxygen atoms in total. The Kier molecular flexibility index (Phi) is 5.44. The summed E-state index contributed by atoms with van der Waals surface area (Å²) in [5.41, 5.74) is 0.493. The smallest absolute Gasteiger partial charge is 0.296 e. The third-order valence-corrected chi connectivity index (χ3v) is 5.28. The number of furan rings is 1. The van der Waals surface area contributed by atoms with Crippen LogP contribution in [-0.2, 0) is 16.1 Å². The summed E-state index contributed by atoms with van der Waals surface area (Å²) in [5.74, 6) is -1.37. The summed E-state index contributed by atoms with van der Waals surface area (Å²) in [6.07, 6.45) is 1.46. The largest absolute Gasteiger partial charge is 0.508 e. The van der Waals surface area contributed by atoms with Crippen molar-refractivity contribution in [1.29, 1.82) is 0 Å². The van der Waals surface area contributed by atoms with Gasteiger partial charge in [-0.2, -0.15) is 0 Å². The molecule has 2 aromatic carbocycles. The Labute approximate surface area is 182 Å². The van der Waals surface area contributed by atoms with Gasteiger partial charge in [-0.15, -0.1) is 0 Å². The lowest BCUT2D eigenvalue weighted by Crippen LogP contribution is -2.29. The van der Waals surface area contributed by atoms with Crippen LogP contribution in [0.1, 0.15) is 22.9 Å². The van der Waals surface area contributed by atoms with Crippen molar-refractivity contribution in [2.75, 3.05) is 7.11 Å². The van der Waals surface area contributed by atoms with Gasteiger partial charge in [-0.1, -0.05) is 23.7 Å². The molecule has 1 amide bonds. The molecule has 1 fully saturated rings. The number of aliphatic hydroxyl groups is 1. The van der Waals surface area contributed by atoms with Crippen molar-refractivity contribution in [2.24, 2.45) is 0 Å². The highest BCUT2D eigenvalue weighted by atomic mass is 35.5. The molecule has 3 aromatic rings. The van der Waals surface area contributed by atoms with Crippen molar-refractivity contribution in [3.63, 3.8) is 0 Å². The molecule has 31 heavy (non-hydrogen) atoms. The van der Waals surface area contributed by atoms with E-state index < -0.39 is 23.5 Å². The number of methoxy groups -OCH3 is 1. The fourth-order valence-electron chi connectivity index (χ4n) is 3.67. The molecule has 1 aliphatic heterocycles. The summed E-state index contributed by atoms with van der Waals surface area (Å²) < 4.78 is 10.6. The van der Waals surface area contributed by atoms with E-state index >= 15 is 0 Å². The number of halogens is 1. The van der Waals surface area contributed by atoms with Crippen LogP contribution in [0.5, 0.6) is 11.5 Å². The minimum atomic E-state index is -0.958. The highest BCUT2D eigenvalue weighted by Gasteiger charge is 2.46. The topological polar surface area (TPSA) is 100 Å². The van der Waals surface area contributed by atoms with Crippen LogP contribution in [-0.4, -0.2) is 33.9 Å². The van der Waals surface area contributed by atoms with E-state index in [1.807, 2.05) is 0 Å². The number of Topliss-reactive ketones (excluding diaryl/α,β-unsaturated/α-hetero) is 1. The zero-order valence-electron chi connectivity index (χ0n) is 16.4. The van der Waals surface area contributed by atoms with E-state index in [1.54, 1.807) is 36.4 Å². The molecule has 0 spiro atoms. The number of aliphatic hydroxyl groups excluding tert-OH is 1. The van der Waals surface area contributed by atoms with Crippen LogP contribution in [0.3, 0.4) is 0 Å². The summed E-state index contributed by atoms with van der Waals surface area (Å²) >= 11 is 6.09. The number of likely N-dealkylation sites (tertiary alicyclic amines) is 1. The summed E-state index contributed by atoms with van der Waals surface area (Å²) in [5, 5.41) is 21.5. The molecule has 8 heteroatoms. The summed E-state index contributed by atoms with van der Waals surface area (Å²) in [4.78, 5) is 27.3. The lowest BCUT2D eigenvalue weighted by atomic mass is 9.95. The second-order valence-corrected chi connectivity index (χ2v) is 7.38. The van der Waals surface area contributed by atoms with Crippen molar-refractivity contribution in [3.8, 4) is 11.5 Å². The van der Waals surface area contributed by atoms with Crippen LogP contribution >= 0.6 is 11.6 Å². The minimum Gasteiger partial charge on any atom is -0.508 e. The van der Waals surface area contributed by atoms with Gasteiger partial charge in [-0.25, -0.2) is 0 Å². The molecule has 0 bridgehead atoms. The van der Waals surface area contributed by atoms with Gasteiger partial charge in [0.25, 0.3) is 11.7 Å². The number of ketones is 1. The van der Waals surface area contributed by atoms with Crippen LogP contribution in [0.25, 0.3) is 5.76 Å². The second-order valence-electron chi connectivity index (χ2n) is 6.95. The maximum Gasteiger partial charge on any atom is 0.296 e. The first-order chi connectivity index (χ1) is 14.9. The van der Waals surface area contributed by atoms with E-state index in [-0.39, 0.29) is 29.2 Å². The number of hydrogen-bond donors (Lipinski definition) is 2. The number of phenols is 1. The molecule has 1 aliphatic rings. The van der Waals surface area contributed by atoms with Crippen molar-refractivity contribution in [3.05, 3.63) is 88.3 Å². The Morgan fingerprint density at radius 1 is 1.16 bits per heavy atom. The Bertz CT molecular complexity index is 1180. The fraction of sp³-hybridized carbons (Fsp3) is 0.130. The van der Waals surface area contributed by atoms with Gasteiger partial charge in [0.2, 0.25) is 0 Å². The molecule has 0 saturated carbocycles. The van der Waals surface area contributed by atoms with Crippen LogP contribution in [0.4, 0.5) is 0 Å². The molecule has 158 valence electrons. The average molecular weight is 440 g/mol. The zero-order valence-corrected chi connectivity index (χ0v) is 17.2. The zero-order chi connectivity index (χ0) is 22.1. The standard InChI is InChI=1S/C23H18ClNO6/c1-30-18-8-7-14(24)11-17(18)21(27)19-20(13-4-2-5-15(26)10-13)25(23(29)22(19)28)12-16-6-3-9-31-16/h2-11,20,26-27H,12H2,1H3/b21-19+. The highest BCUT2D eigenvalue weighted by molar-refractivity contribution is 6.46. The number of nitrogens with zero attached hydrogens (tertiary/aromatic N) is 1. The monoisotopic (exact) mass is 439 g/mol. The molecule has 1 unspecified atom stereocenters. The summed E-state index contributed by atoms with van der Waals surface area (Å²) in [7, 11) is 1.42. The molecule has 1 saturated heterocycles. The molecular weight excluding hydrogens is 422 g/mol. The Hall–Kier alpha value is -3.71. The number of amides is 1. The van der Waals surface area contributed by atoms with E-state index in [9.17, 15) is 19.8 Å². The van der Waals surface area contributed by atoms with E-state index in [4.69, 9.17) is 20.8 Å². The van der Waals surface area contributed by atoms with Gasteiger partial charge >= 0.3 is 0 Å². The van der Waals surface area contributed by atoms with Crippen LogP contribution in [0.15, 0.2) is 70.9 Å². The predicted octanol–water partition coefficient (Wildman–Crippen LogP) is 4.27. The number of ether oxygens (including phenoxy) is 1. The predicted molar refractivity (Wildman–Crippen MR) is 113 cm³/mol. The molecule has 1 aromatic heterocycles. The molecule has 0 aliphatic carbocycles. The minimum absolute atomic E-state index is 0.00135. The number of benzene rings is 2. The van der Waals surface area contributed by atoms with E-state index in [2.05, 4.69) is 0 Å². The number of aromatic hydroxyl groups is 1. The van der Waals surface area contributed by atoms with Gasteiger partial charge < -0.3 is 24.3 Å². The Morgan fingerprint density at radius 2 is 1.97 bits per heavy atom. The average Bonchev–Trinajstić information content (AvgIpc) is 3.35. The lowest BCUT2D eigenvalue weighted by molar-refractivity contribution is -0.140. The number of phenolic OH excluding ortho intramolecular Hbond substituents is 1. The molecule has 4 rings (SSSR count). The third-order valence-electron chi connectivity index (χ3n) is 5.05. The molecular formula is C23H18ClNO6. The first-order valence-electron chi connectivity index (χ1n) is 9.34. The van der Waals surface area contributed by atoms with E-state index in [0.717, 1.165) is 0 Å². The van der Waals surface area contributed by atoms with Gasteiger partial charge in [0.15, 0.2) is 0 Å². The molecule has 2 N–H and O–H groups in total. The van der Waals surface area contributed by atoms with Crippen LogP contribution < -0.4 is 4.74 Å². The fourth-order valence-corrected chi connectivity index (χ4v) is 3.84. The van der Waals surface area contributed by atoms with E-state index in [1.165, 1.54) is 36.5 Å². The molecule has 1 atom stereocenters. The molecule has 2 heterocycles. The van der Waals surface area contributed by atoms with Gasteiger partial charge in [-0.05, 0) is 48.0 Å². The Morgan fingerprint density at radius 3 is 2.65 bits per heavy atom. The normalized spacial score (nSPS) is 17.9. The van der Waals surface area contributed by atoms with E-state index in [0.29, 0.717) is 16.3 Å². The van der Waals surface area contributed by atoms with Gasteiger partial charge in [-0.3, -0.25) is 9.59 Å².